The third-order valence-corrected chi connectivity index (χ3v) is 6.01. The molecule has 24 heavy (non-hydrogen) atoms. The summed E-state index contributed by atoms with van der Waals surface area (Å²) in [5.74, 6) is 2.22. The molecule has 1 aromatic carbocycles. The summed E-state index contributed by atoms with van der Waals surface area (Å²) >= 11 is 0. The first-order valence-corrected chi connectivity index (χ1v) is 9.75. The number of allylic oxidation sites excluding steroid dienone is 1. The van der Waals surface area contributed by atoms with Gasteiger partial charge >= 0.3 is 0 Å². The fourth-order valence-corrected chi connectivity index (χ4v) is 4.10. The Labute approximate surface area is 147 Å². The predicted octanol–water partition coefficient (Wildman–Crippen LogP) is 5.78. The molecule has 2 nitrogen and oxygen atoms in total. The maximum atomic E-state index is 6.44. The van der Waals surface area contributed by atoms with E-state index in [1.54, 1.807) is 0 Å². The predicted molar refractivity (Wildman–Crippen MR) is 100.0 cm³/mol. The molecular formula is C22H32O2. The molecule has 0 bridgehead atoms. The molecule has 2 atom stereocenters. The van der Waals surface area contributed by atoms with Crippen LogP contribution in [0, 0.1) is 11.3 Å². The molecular weight excluding hydrogens is 296 g/mol. The molecule has 1 saturated heterocycles. The van der Waals surface area contributed by atoms with E-state index in [0.717, 1.165) is 26.2 Å². The lowest BCUT2D eigenvalue weighted by molar-refractivity contribution is -0.130. The maximum Gasteiger partial charge on any atom is 0.105 e. The minimum atomic E-state index is 0.226. The number of unbranched alkanes of at least 4 members (excludes halogenated alkanes) is 1. The zero-order valence-electron chi connectivity index (χ0n) is 15.5. The number of hydrogen-bond donors (Lipinski definition) is 0. The van der Waals surface area contributed by atoms with E-state index in [4.69, 9.17) is 9.47 Å². The van der Waals surface area contributed by atoms with Gasteiger partial charge in [0.15, 0.2) is 0 Å². The van der Waals surface area contributed by atoms with Crippen molar-refractivity contribution >= 4 is 6.08 Å². The summed E-state index contributed by atoms with van der Waals surface area (Å²) < 4.78 is 12.1. The normalized spacial score (nSPS) is 22.5. The summed E-state index contributed by atoms with van der Waals surface area (Å²) in [5, 5.41) is 0. The Morgan fingerprint density at radius 2 is 2.00 bits per heavy atom. The van der Waals surface area contributed by atoms with Crippen molar-refractivity contribution in [2.45, 2.75) is 58.8 Å². The molecule has 0 radical (unpaired) electrons. The van der Waals surface area contributed by atoms with Gasteiger partial charge in [-0.15, -0.1) is 0 Å². The minimum absolute atomic E-state index is 0.226. The molecule has 1 aliphatic heterocycles. The minimum Gasteiger partial charge on any atom is -0.497 e. The van der Waals surface area contributed by atoms with Crippen molar-refractivity contribution < 1.29 is 9.47 Å². The first kappa shape index (κ1) is 17.5. The number of benzene rings is 1. The molecule has 1 fully saturated rings. The summed E-state index contributed by atoms with van der Waals surface area (Å²) in [6, 6.07) is 8.77. The van der Waals surface area contributed by atoms with Gasteiger partial charge in [-0.1, -0.05) is 64.3 Å². The number of ether oxygens (including phenoxy) is 2. The van der Waals surface area contributed by atoms with E-state index in [0.29, 0.717) is 11.8 Å². The molecule has 0 aromatic heterocycles. The molecule has 1 aliphatic carbocycles. The lowest BCUT2D eigenvalue weighted by atomic mass is 9.69. The molecule has 132 valence electrons. The standard InChI is InChI=1S/C22H32O2/c1-4-7-10-17(5-2)14-24-20-13-18-11-8-9-12-19(18)21(20)22(6-3)15-23-16-22/h8-9,11-13,17,21H,4-7,10,14-16H2,1-3H3. The van der Waals surface area contributed by atoms with Crippen molar-refractivity contribution in [3.8, 4) is 0 Å². The van der Waals surface area contributed by atoms with Crippen LogP contribution in [0.25, 0.3) is 6.08 Å². The summed E-state index contributed by atoms with van der Waals surface area (Å²) in [6.07, 6.45) is 8.47. The van der Waals surface area contributed by atoms with E-state index in [-0.39, 0.29) is 5.41 Å². The largest absolute Gasteiger partial charge is 0.497 e. The van der Waals surface area contributed by atoms with E-state index in [2.05, 4.69) is 51.1 Å². The Hall–Kier alpha value is -1.28. The van der Waals surface area contributed by atoms with Crippen LogP contribution in [0.1, 0.15) is 69.9 Å². The van der Waals surface area contributed by atoms with Crippen LogP contribution in [0.5, 0.6) is 0 Å². The topological polar surface area (TPSA) is 18.5 Å². The summed E-state index contributed by atoms with van der Waals surface area (Å²) in [7, 11) is 0. The number of rotatable bonds is 9. The summed E-state index contributed by atoms with van der Waals surface area (Å²) in [5.41, 5.74) is 2.99. The smallest absolute Gasteiger partial charge is 0.105 e. The lowest BCUT2D eigenvalue weighted by Gasteiger charge is -2.46. The third-order valence-electron chi connectivity index (χ3n) is 6.01. The molecule has 1 heterocycles. The van der Waals surface area contributed by atoms with Crippen LogP contribution in [0.4, 0.5) is 0 Å². The van der Waals surface area contributed by atoms with Crippen LogP contribution < -0.4 is 0 Å². The van der Waals surface area contributed by atoms with Gasteiger partial charge in [0.1, 0.15) is 5.76 Å². The van der Waals surface area contributed by atoms with Crippen molar-refractivity contribution in [3.63, 3.8) is 0 Å². The molecule has 1 aromatic rings. The monoisotopic (exact) mass is 328 g/mol. The zero-order valence-corrected chi connectivity index (χ0v) is 15.5. The van der Waals surface area contributed by atoms with Crippen molar-refractivity contribution in [1.82, 2.24) is 0 Å². The van der Waals surface area contributed by atoms with Gasteiger partial charge in [-0.3, -0.25) is 0 Å². The van der Waals surface area contributed by atoms with Crippen molar-refractivity contribution in [1.29, 1.82) is 0 Å². The van der Waals surface area contributed by atoms with E-state index >= 15 is 0 Å². The molecule has 0 saturated carbocycles. The molecule has 3 rings (SSSR count). The SMILES string of the molecule is CCCCC(CC)COC1=Cc2ccccc2C1C1(CC)COC1. The fraction of sp³-hybridized carbons (Fsp3) is 0.636. The van der Waals surface area contributed by atoms with Crippen LogP contribution in [-0.2, 0) is 9.47 Å². The maximum absolute atomic E-state index is 6.44. The van der Waals surface area contributed by atoms with Crippen molar-refractivity contribution in [3.05, 3.63) is 41.2 Å². The van der Waals surface area contributed by atoms with Gasteiger partial charge in [-0.25, -0.2) is 0 Å². The van der Waals surface area contributed by atoms with Gasteiger partial charge in [-0.2, -0.15) is 0 Å². The van der Waals surface area contributed by atoms with Gasteiger partial charge in [0.25, 0.3) is 0 Å². The average molecular weight is 328 g/mol. The van der Waals surface area contributed by atoms with Gasteiger partial charge in [0.05, 0.1) is 25.7 Å². The van der Waals surface area contributed by atoms with Crippen LogP contribution in [-0.4, -0.2) is 19.8 Å². The molecule has 2 heteroatoms. The molecule has 0 amide bonds. The zero-order chi connectivity index (χ0) is 17.0. The van der Waals surface area contributed by atoms with E-state index in [9.17, 15) is 0 Å². The fourth-order valence-electron chi connectivity index (χ4n) is 4.10. The van der Waals surface area contributed by atoms with Gasteiger partial charge in [-0.05, 0) is 36.0 Å². The Morgan fingerprint density at radius 3 is 2.62 bits per heavy atom. The van der Waals surface area contributed by atoms with Crippen LogP contribution in [0.2, 0.25) is 0 Å². The van der Waals surface area contributed by atoms with Crippen LogP contribution >= 0.6 is 0 Å². The lowest BCUT2D eigenvalue weighted by Crippen LogP contribution is -2.47. The highest BCUT2D eigenvalue weighted by atomic mass is 16.5. The molecule has 0 N–H and O–H groups in total. The number of fused-ring (bicyclic) bond motifs is 1. The quantitative estimate of drug-likeness (QED) is 0.571. The van der Waals surface area contributed by atoms with E-state index in [1.165, 1.54) is 42.6 Å². The van der Waals surface area contributed by atoms with Gasteiger partial charge < -0.3 is 9.47 Å². The first-order chi connectivity index (χ1) is 11.7. The average Bonchev–Trinajstić information content (AvgIpc) is 2.94. The second kappa shape index (κ2) is 7.74. The highest BCUT2D eigenvalue weighted by Gasteiger charge is 2.49. The van der Waals surface area contributed by atoms with Gasteiger partial charge in [0, 0.05) is 5.41 Å². The Balaban J connectivity index is 1.76. The molecule has 2 unspecified atom stereocenters. The van der Waals surface area contributed by atoms with Crippen LogP contribution in [0.15, 0.2) is 30.0 Å². The summed E-state index contributed by atoms with van der Waals surface area (Å²) in [4.78, 5) is 0. The third kappa shape index (κ3) is 3.26. The number of hydrogen-bond acceptors (Lipinski definition) is 2. The highest BCUT2D eigenvalue weighted by molar-refractivity contribution is 5.65. The molecule has 0 spiro atoms. The van der Waals surface area contributed by atoms with Crippen LogP contribution in [0.3, 0.4) is 0 Å². The van der Waals surface area contributed by atoms with Crippen molar-refractivity contribution in [2.24, 2.45) is 11.3 Å². The first-order valence-electron chi connectivity index (χ1n) is 9.75. The van der Waals surface area contributed by atoms with Crippen molar-refractivity contribution in [2.75, 3.05) is 19.8 Å². The Bertz CT molecular complexity index is 566. The second-order valence-corrected chi connectivity index (χ2v) is 7.54. The van der Waals surface area contributed by atoms with Gasteiger partial charge in [0.2, 0.25) is 0 Å². The second-order valence-electron chi connectivity index (χ2n) is 7.54. The summed E-state index contributed by atoms with van der Waals surface area (Å²) in [6.45, 7) is 9.41. The Kier molecular flexibility index (Phi) is 5.65. The highest BCUT2D eigenvalue weighted by Crippen LogP contribution is 2.53. The Morgan fingerprint density at radius 1 is 1.21 bits per heavy atom. The van der Waals surface area contributed by atoms with E-state index < -0.39 is 0 Å². The molecule has 2 aliphatic rings. The van der Waals surface area contributed by atoms with E-state index in [1.807, 2.05) is 0 Å².